The van der Waals surface area contributed by atoms with Crippen molar-refractivity contribution in [2.24, 2.45) is 0 Å². The van der Waals surface area contributed by atoms with Crippen LogP contribution < -0.4 is 15.5 Å². The Bertz CT molecular complexity index is 816. The maximum Gasteiger partial charge on any atom is 0.241 e. The molecule has 1 atom stereocenters. The molecule has 1 saturated heterocycles. The quantitative estimate of drug-likeness (QED) is 0.896. The topological polar surface area (TPSA) is 61.4 Å². The molecule has 2 heterocycles. The molecule has 2 N–H and O–H groups in total. The van der Waals surface area contributed by atoms with Crippen molar-refractivity contribution in [3.05, 3.63) is 59.7 Å². The van der Waals surface area contributed by atoms with Crippen molar-refractivity contribution in [3.8, 4) is 0 Å². The number of carbonyl (C=O) groups excluding carboxylic acids is 2. The van der Waals surface area contributed by atoms with E-state index in [0.29, 0.717) is 19.4 Å². The lowest BCUT2D eigenvalue weighted by molar-refractivity contribution is -0.119. The molecular weight excluding hydrogens is 326 g/mol. The number of piperidine rings is 1. The van der Waals surface area contributed by atoms with E-state index in [9.17, 15) is 9.59 Å². The van der Waals surface area contributed by atoms with Crippen LogP contribution in [-0.4, -0.2) is 24.4 Å². The highest BCUT2D eigenvalue weighted by molar-refractivity contribution is 5.96. The van der Waals surface area contributed by atoms with E-state index in [-0.39, 0.29) is 17.9 Å². The zero-order valence-corrected chi connectivity index (χ0v) is 14.7. The number of rotatable bonds is 3. The third-order valence-corrected chi connectivity index (χ3v) is 5.17. The molecule has 0 aliphatic carbocycles. The molecule has 0 saturated carbocycles. The van der Waals surface area contributed by atoms with Gasteiger partial charge < -0.3 is 15.5 Å². The second-order valence-corrected chi connectivity index (χ2v) is 6.94. The van der Waals surface area contributed by atoms with Crippen LogP contribution >= 0.6 is 0 Å². The van der Waals surface area contributed by atoms with E-state index >= 15 is 0 Å². The summed E-state index contributed by atoms with van der Waals surface area (Å²) in [7, 11) is 0. The first-order valence-electron chi connectivity index (χ1n) is 9.22. The highest BCUT2D eigenvalue weighted by Crippen LogP contribution is 2.23. The third kappa shape index (κ3) is 3.48. The van der Waals surface area contributed by atoms with Gasteiger partial charge in [0.2, 0.25) is 11.8 Å². The Morgan fingerprint density at radius 3 is 2.58 bits per heavy atom. The summed E-state index contributed by atoms with van der Waals surface area (Å²) < 4.78 is 0. The van der Waals surface area contributed by atoms with Gasteiger partial charge in [0.1, 0.15) is 0 Å². The Balaban J connectivity index is 1.40. The lowest BCUT2D eigenvalue weighted by Crippen LogP contribution is -2.44. The van der Waals surface area contributed by atoms with Crippen LogP contribution in [0.2, 0.25) is 0 Å². The van der Waals surface area contributed by atoms with E-state index in [1.54, 1.807) is 0 Å². The number of carbonyl (C=O) groups is 2. The molecule has 5 heteroatoms. The van der Waals surface area contributed by atoms with E-state index in [1.165, 1.54) is 11.1 Å². The van der Waals surface area contributed by atoms with Gasteiger partial charge in [-0.1, -0.05) is 24.3 Å². The molecule has 134 valence electrons. The fraction of sp³-hybridized carbons (Fsp3) is 0.333. The Morgan fingerprint density at radius 2 is 1.81 bits per heavy atom. The van der Waals surface area contributed by atoms with Crippen LogP contribution in [-0.2, 0) is 22.6 Å². The number of nitrogens with one attached hydrogen (secondary N) is 2. The van der Waals surface area contributed by atoms with Crippen molar-refractivity contribution >= 4 is 23.2 Å². The first-order chi connectivity index (χ1) is 12.7. The summed E-state index contributed by atoms with van der Waals surface area (Å²) in [6.45, 7) is 1.49. The molecule has 2 aromatic carbocycles. The average Bonchev–Trinajstić information content (AvgIpc) is 2.69. The van der Waals surface area contributed by atoms with Gasteiger partial charge in [-0.25, -0.2) is 0 Å². The van der Waals surface area contributed by atoms with Crippen molar-refractivity contribution in [1.82, 2.24) is 5.32 Å². The van der Waals surface area contributed by atoms with Crippen molar-refractivity contribution in [2.45, 2.75) is 38.3 Å². The summed E-state index contributed by atoms with van der Waals surface area (Å²) in [4.78, 5) is 26.4. The van der Waals surface area contributed by atoms with Crippen molar-refractivity contribution < 1.29 is 9.59 Å². The van der Waals surface area contributed by atoms with E-state index in [2.05, 4.69) is 22.8 Å². The minimum Gasteiger partial charge on any atom is -0.325 e. The van der Waals surface area contributed by atoms with Crippen molar-refractivity contribution in [3.63, 3.8) is 0 Å². The van der Waals surface area contributed by atoms with Crippen LogP contribution in [0, 0.1) is 0 Å². The molecule has 0 aromatic heterocycles. The fourth-order valence-electron chi connectivity index (χ4n) is 3.67. The fourth-order valence-corrected chi connectivity index (χ4v) is 3.67. The molecule has 5 nitrogen and oxygen atoms in total. The van der Waals surface area contributed by atoms with Crippen molar-refractivity contribution in [2.75, 3.05) is 16.8 Å². The summed E-state index contributed by atoms with van der Waals surface area (Å²) in [6.07, 6.45) is 3.33. The zero-order chi connectivity index (χ0) is 17.9. The van der Waals surface area contributed by atoms with Gasteiger partial charge in [-0.2, -0.15) is 0 Å². The van der Waals surface area contributed by atoms with Crippen LogP contribution in [0.1, 0.15) is 30.4 Å². The maximum absolute atomic E-state index is 12.6. The smallest absolute Gasteiger partial charge is 0.241 e. The minimum atomic E-state index is -0.228. The maximum atomic E-state index is 12.6. The summed E-state index contributed by atoms with van der Waals surface area (Å²) in [6, 6.07) is 15.5. The second-order valence-electron chi connectivity index (χ2n) is 6.94. The first-order valence-corrected chi connectivity index (χ1v) is 9.22. The number of hydrogen-bond donors (Lipinski definition) is 2. The highest BCUT2D eigenvalue weighted by Gasteiger charge is 2.24. The molecule has 0 bridgehead atoms. The van der Waals surface area contributed by atoms with E-state index in [1.807, 2.05) is 41.3 Å². The van der Waals surface area contributed by atoms with Crippen LogP contribution in [0.4, 0.5) is 11.4 Å². The molecule has 0 radical (unpaired) electrons. The van der Waals surface area contributed by atoms with Gasteiger partial charge in [0.05, 0.1) is 6.04 Å². The normalized spacial score (nSPS) is 19.8. The minimum absolute atomic E-state index is 0.0266. The standard InChI is InChI=1S/C21H23N3O2/c25-20-7-3-4-12-24(20)18-10-8-17(9-11-18)23-21(26)19-13-15-5-1-2-6-16(15)14-22-19/h1-2,5-6,8-11,19,22H,3-4,7,12-14H2,(H,23,26)/t19-/m0/s1. The average molecular weight is 349 g/mol. The van der Waals surface area contributed by atoms with Gasteiger partial charge in [0.25, 0.3) is 0 Å². The van der Waals surface area contributed by atoms with Crippen LogP contribution in [0.3, 0.4) is 0 Å². The molecule has 0 unspecified atom stereocenters. The van der Waals surface area contributed by atoms with E-state index < -0.39 is 0 Å². The highest BCUT2D eigenvalue weighted by atomic mass is 16.2. The second kappa shape index (κ2) is 7.30. The Labute approximate surface area is 153 Å². The zero-order valence-electron chi connectivity index (χ0n) is 14.7. The molecule has 26 heavy (non-hydrogen) atoms. The monoisotopic (exact) mass is 349 g/mol. The summed E-state index contributed by atoms with van der Waals surface area (Å²) in [5, 5.41) is 6.28. The molecule has 2 aliphatic heterocycles. The van der Waals surface area contributed by atoms with Crippen molar-refractivity contribution in [1.29, 1.82) is 0 Å². The number of fused-ring (bicyclic) bond motifs is 1. The summed E-state index contributed by atoms with van der Waals surface area (Å²) in [5.74, 6) is 0.152. The number of hydrogen-bond acceptors (Lipinski definition) is 3. The lowest BCUT2D eigenvalue weighted by atomic mass is 9.95. The van der Waals surface area contributed by atoms with Gasteiger partial charge in [-0.3, -0.25) is 9.59 Å². The molecular formula is C21H23N3O2. The number of amides is 2. The van der Waals surface area contributed by atoms with Crippen LogP contribution in [0.25, 0.3) is 0 Å². The van der Waals surface area contributed by atoms with Gasteiger partial charge in [0, 0.05) is 30.9 Å². The molecule has 1 fully saturated rings. The summed E-state index contributed by atoms with van der Waals surface area (Å²) in [5.41, 5.74) is 4.14. The molecule has 2 amide bonds. The Morgan fingerprint density at radius 1 is 1.04 bits per heavy atom. The van der Waals surface area contributed by atoms with E-state index in [4.69, 9.17) is 0 Å². The van der Waals surface area contributed by atoms with Crippen LogP contribution in [0.15, 0.2) is 48.5 Å². The van der Waals surface area contributed by atoms with Crippen LogP contribution in [0.5, 0.6) is 0 Å². The largest absolute Gasteiger partial charge is 0.325 e. The Kier molecular flexibility index (Phi) is 4.71. The number of nitrogens with zero attached hydrogens (tertiary/aromatic N) is 1. The molecule has 0 spiro atoms. The van der Waals surface area contributed by atoms with Gasteiger partial charge in [-0.05, 0) is 54.7 Å². The molecule has 2 aromatic rings. The first kappa shape index (κ1) is 16.8. The van der Waals surface area contributed by atoms with Gasteiger partial charge in [0.15, 0.2) is 0 Å². The number of benzene rings is 2. The van der Waals surface area contributed by atoms with E-state index in [0.717, 1.165) is 30.8 Å². The molecule has 2 aliphatic rings. The SMILES string of the molecule is O=C(Nc1ccc(N2CCCCC2=O)cc1)[C@@H]1Cc2ccccc2CN1. The summed E-state index contributed by atoms with van der Waals surface area (Å²) >= 11 is 0. The lowest BCUT2D eigenvalue weighted by Gasteiger charge is -2.27. The third-order valence-electron chi connectivity index (χ3n) is 5.17. The predicted molar refractivity (Wildman–Crippen MR) is 102 cm³/mol. The van der Waals surface area contributed by atoms with Gasteiger partial charge >= 0.3 is 0 Å². The van der Waals surface area contributed by atoms with Gasteiger partial charge in [-0.15, -0.1) is 0 Å². The molecule has 4 rings (SSSR count). The number of anilines is 2. The predicted octanol–water partition coefficient (Wildman–Crippen LogP) is 2.86. The Hall–Kier alpha value is -2.66.